The molecule has 0 unspecified atom stereocenters. The van der Waals surface area contributed by atoms with Gasteiger partial charge >= 0.3 is 0 Å². The van der Waals surface area contributed by atoms with Crippen molar-refractivity contribution < 1.29 is 0 Å². The molecule has 13 heavy (non-hydrogen) atoms. The van der Waals surface area contributed by atoms with Gasteiger partial charge in [-0.1, -0.05) is 53.5 Å². The molecular weight excluding hydrogens is 225 g/mol. The van der Waals surface area contributed by atoms with Gasteiger partial charge in [0.25, 0.3) is 0 Å². The summed E-state index contributed by atoms with van der Waals surface area (Å²) in [5.41, 5.74) is 1.02. The van der Waals surface area contributed by atoms with Crippen molar-refractivity contribution in [2.45, 2.75) is 10.1 Å². The lowest BCUT2D eigenvalue weighted by Crippen LogP contribution is -2.09. The topological polar surface area (TPSA) is 23.8 Å². The molecule has 1 aromatic rings. The van der Waals surface area contributed by atoms with Crippen LogP contribution in [0.4, 0.5) is 0 Å². The van der Waals surface area contributed by atoms with Gasteiger partial charge in [-0.05, 0) is 17.3 Å². The second-order valence-corrected chi connectivity index (χ2v) is 5.51. The van der Waals surface area contributed by atoms with Crippen LogP contribution in [-0.4, -0.2) is 3.67 Å². The van der Waals surface area contributed by atoms with Gasteiger partial charge in [-0.2, -0.15) is 5.26 Å². The Balaban J connectivity index is 2.65. The summed E-state index contributed by atoms with van der Waals surface area (Å²) in [5, 5.41) is 10.3. The number of alkyl halides is 2. The van der Waals surface area contributed by atoms with Crippen LogP contribution >= 0.6 is 35.0 Å². The molecule has 0 saturated heterocycles. The Morgan fingerprint density at radius 1 is 1.31 bits per heavy atom. The van der Waals surface area contributed by atoms with Gasteiger partial charge < -0.3 is 0 Å². The molecule has 0 atom stereocenters. The summed E-state index contributed by atoms with van der Waals surface area (Å²) in [5.74, 6) is 0. The molecule has 0 radical (unpaired) electrons. The first-order valence-electron chi connectivity index (χ1n) is 3.63. The molecule has 1 aromatic carbocycles. The second kappa shape index (κ2) is 4.76. The number of halogens is 2. The average Bonchev–Trinajstić information content (AvgIpc) is 2.04. The van der Waals surface area contributed by atoms with E-state index in [1.54, 1.807) is 0 Å². The smallest absolute Gasteiger partial charge is 0.180 e. The summed E-state index contributed by atoms with van der Waals surface area (Å²) < 4.78 is -1.05. The number of benzene rings is 1. The van der Waals surface area contributed by atoms with E-state index in [2.05, 4.69) is 0 Å². The molecule has 0 aliphatic heterocycles. The van der Waals surface area contributed by atoms with Crippen molar-refractivity contribution in [2.75, 3.05) is 0 Å². The Kier molecular flexibility index (Phi) is 3.92. The minimum atomic E-state index is -1.05. The molecule has 68 valence electrons. The van der Waals surface area contributed by atoms with Crippen molar-refractivity contribution in [3.8, 4) is 5.40 Å². The molecular formula is C9H7Cl2NS. The lowest BCUT2D eigenvalue weighted by Gasteiger charge is -2.13. The van der Waals surface area contributed by atoms with E-state index in [4.69, 9.17) is 28.5 Å². The van der Waals surface area contributed by atoms with Crippen molar-refractivity contribution in [1.82, 2.24) is 0 Å². The second-order valence-electron chi connectivity index (χ2n) is 2.49. The molecule has 0 spiro atoms. The van der Waals surface area contributed by atoms with Gasteiger partial charge in [0.15, 0.2) is 3.67 Å². The van der Waals surface area contributed by atoms with Crippen LogP contribution in [0.2, 0.25) is 0 Å². The van der Waals surface area contributed by atoms with Crippen LogP contribution in [0.3, 0.4) is 0 Å². The summed E-state index contributed by atoms with van der Waals surface area (Å²) in [4.78, 5) is 0. The molecule has 0 amide bonds. The molecule has 0 aromatic heterocycles. The summed E-state index contributed by atoms with van der Waals surface area (Å²) in [6, 6.07) is 9.60. The number of thiocyanates is 1. The monoisotopic (exact) mass is 231 g/mol. The highest BCUT2D eigenvalue weighted by Crippen LogP contribution is 2.37. The fourth-order valence-electron chi connectivity index (χ4n) is 0.936. The zero-order chi connectivity index (χ0) is 9.73. The van der Waals surface area contributed by atoms with Crippen molar-refractivity contribution in [3.05, 3.63) is 35.9 Å². The molecule has 0 N–H and O–H groups in total. The lowest BCUT2D eigenvalue weighted by atomic mass is 10.2. The Hall–Kier alpha value is -0.360. The Morgan fingerprint density at radius 3 is 2.46 bits per heavy atom. The zero-order valence-electron chi connectivity index (χ0n) is 6.71. The normalized spacial score (nSPS) is 10.8. The summed E-state index contributed by atoms with van der Waals surface area (Å²) in [6.07, 6.45) is 0.467. The van der Waals surface area contributed by atoms with Crippen LogP contribution < -0.4 is 0 Å². The maximum Gasteiger partial charge on any atom is 0.180 e. The van der Waals surface area contributed by atoms with E-state index in [-0.39, 0.29) is 0 Å². The maximum absolute atomic E-state index is 8.42. The van der Waals surface area contributed by atoms with Gasteiger partial charge in [0.05, 0.1) is 0 Å². The van der Waals surface area contributed by atoms with Crippen LogP contribution in [0.1, 0.15) is 5.56 Å². The van der Waals surface area contributed by atoms with Crippen molar-refractivity contribution in [1.29, 1.82) is 5.26 Å². The molecule has 0 saturated carbocycles. The quantitative estimate of drug-likeness (QED) is 0.587. The molecule has 0 fully saturated rings. The largest absolute Gasteiger partial charge is 0.185 e. The van der Waals surface area contributed by atoms with Crippen molar-refractivity contribution in [3.63, 3.8) is 0 Å². The third-order valence-electron chi connectivity index (χ3n) is 1.45. The average molecular weight is 232 g/mol. The maximum atomic E-state index is 8.42. The first-order valence-corrected chi connectivity index (χ1v) is 5.20. The van der Waals surface area contributed by atoms with E-state index in [0.29, 0.717) is 6.42 Å². The minimum absolute atomic E-state index is 0.467. The molecule has 1 rings (SSSR count). The van der Waals surface area contributed by atoms with E-state index in [9.17, 15) is 0 Å². The summed E-state index contributed by atoms with van der Waals surface area (Å²) in [7, 11) is 0. The lowest BCUT2D eigenvalue weighted by molar-refractivity contribution is 1.04. The van der Waals surface area contributed by atoms with Crippen LogP contribution in [0.25, 0.3) is 0 Å². The number of nitrogens with zero attached hydrogens (tertiary/aromatic N) is 1. The molecule has 0 aliphatic rings. The van der Waals surface area contributed by atoms with Gasteiger partial charge in [0, 0.05) is 6.42 Å². The highest BCUT2D eigenvalue weighted by molar-refractivity contribution is 8.07. The van der Waals surface area contributed by atoms with E-state index in [1.165, 1.54) is 0 Å². The third kappa shape index (κ3) is 3.91. The number of thioether (sulfide) groups is 1. The minimum Gasteiger partial charge on any atom is -0.185 e. The number of hydrogen-bond acceptors (Lipinski definition) is 2. The van der Waals surface area contributed by atoms with E-state index in [0.717, 1.165) is 17.3 Å². The Labute approximate surface area is 91.6 Å². The van der Waals surface area contributed by atoms with Crippen LogP contribution in [0.15, 0.2) is 30.3 Å². The zero-order valence-corrected chi connectivity index (χ0v) is 9.03. The van der Waals surface area contributed by atoms with Gasteiger partial charge in [0.2, 0.25) is 0 Å². The number of nitriles is 1. The molecule has 0 aliphatic carbocycles. The SMILES string of the molecule is N#CSC(Cl)(Cl)Cc1ccccc1. The number of hydrogen-bond donors (Lipinski definition) is 0. The standard InChI is InChI=1S/C9H7Cl2NS/c10-9(11,13-7-12)6-8-4-2-1-3-5-8/h1-5H,6H2. The van der Waals surface area contributed by atoms with Gasteiger partial charge in [0.1, 0.15) is 5.40 Å². The van der Waals surface area contributed by atoms with Crippen LogP contribution in [0.5, 0.6) is 0 Å². The summed E-state index contributed by atoms with van der Waals surface area (Å²) in [6.45, 7) is 0. The first kappa shape index (κ1) is 10.7. The Bertz CT molecular complexity index is 305. The van der Waals surface area contributed by atoms with Crippen LogP contribution in [0, 0.1) is 10.7 Å². The fraction of sp³-hybridized carbons (Fsp3) is 0.222. The van der Waals surface area contributed by atoms with Gasteiger partial charge in [-0.25, -0.2) is 0 Å². The van der Waals surface area contributed by atoms with E-state index in [1.807, 2.05) is 35.7 Å². The fourth-order valence-corrected chi connectivity index (χ4v) is 1.82. The predicted octanol–water partition coefficient (Wildman–Crippen LogP) is 3.57. The summed E-state index contributed by atoms with van der Waals surface area (Å²) >= 11 is 12.6. The van der Waals surface area contributed by atoms with Crippen LogP contribution in [-0.2, 0) is 6.42 Å². The van der Waals surface area contributed by atoms with Crippen molar-refractivity contribution in [2.24, 2.45) is 0 Å². The van der Waals surface area contributed by atoms with Gasteiger partial charge in [-0.3, -0.25) is 0 Å². The highest BCUT2D eigenvalue weighted by Gasteiger charge is 2.25. The Morgan fingerprint density at radius 2 is 1.92 bits per heavy atom. The van der Waals surface area contributed by atoms with Crippen molar-refractivity contribution >= 4 is 35.0 Å². The predicted molar refractivity (Wildman–Crippen MR) is 57.8 cm³/mol. The molecule has 1 nitrogen and oxygen atoms in total. The van der Waals surface area contributed by atoms with Gasteiger partial charge in [-0.15, -0.1) is 0 Å². The van der Waals surface area contributed by atoms with E-state index >= 15 is 0 Å². The molecule has 0 bridgehead atoms. The number of rotatable bonds is 3. The van der Waals surface area contributed by atoms with E-state index < -0.39 is 3.67 Å². The molecule has 4 heteroatoms. The molecule has 0 heterocycles. The first-order chi connectivity index (χ1) is 6.14. The highest BCUT2D eigenvalue weighted by atomic mass is 35.5. The third-order valence-corrected chi connectivity index (χ3v) is 2.71.